The molecule has 20 heavy (non-hydrogen) atoms. The van der Waals surface area contributed by atoms with Crippen LogP contribution in [0, 0.1) is 12.8 Å². The van der Waals surface area contributed by atoms with Gasteiger partial charge in [0.25, 0.3) is 0 Å². The van der Waals surface area contributed by atoms with Gasteiger partial charge >= 0.3 is 0 Å². The number of hydrogen-bond acceptors (Lipinski definition) is 3. The van der Waals surface area contributed by atoms with Gasteiger partial charge in [-0.2, -0.15) is 0 Å². The monoisotopic (exact) mass is 343 g/mol. The molecular weight excluding hydrogens is 318 g/mol. The minimum atomic E-state index is 0.595. The van der Waals surface area contributed by atoms with Crippen LogP contribution in [0.25, 0.3) is 0 Å². The zero-order valence-electron chi connectivity index (χ0n) is 13.0. The summed E-state index contributed by atoms with van der Waals surface area (Å²) in [4.78, 5) is 0. The summed E-state index contributed by atoms with van der Waals surface area (Å²) in [5.41, 5.74) is 2.31. The molecule has 4 heteroatoms. The molecule has 1 N–H and O–H groups in total. The third kappa shape index (κ3) is 6.25. The lowest BCUT2D eigenvalue weighted by Crippen LogP contribution is -2.12. The largest absolute Gasteiger partial charge is 0.491 e. The maximum Gasteiger partial charge on any atom is 0.126 e. The molecule has 114 valence electrons. The molecule has 1 rings (SSSR count). The molecule has 1 aromatic carbocycles. The lowest BCUT2D eigenvalue weighted by molar-refractivity contribution is 0.0920. The average Bonchev–Trinajstić information content (AvgIpc) is 2.35. The van der Waals surface area contributed by atoms with Gasteiger partial charge in [-0.1, -0.05) is 29.8 Å². The van der Waals surface area contributed by atoms with E-state index in [1.54, 1.807) is 0 Å². The first-order valence-corrected chi connectivity index (χ1v) is 7.98. The molecule has 0 radical (unpaired) electrons. The topological polar surface area (TPSA) is 30.5 Å². The van der Waals surface area contributed by atoms with E-state index in [-0.39, 0.29) is 0 Å². The second-order valence-corrected chi connectivity index (χ2v) is 6.30. The molecule has 1 aromatic rings. The van der Waals surface area contributed by atoms with Crippen molar-refractivity contribution in [2.24, 2.45) is 5.92 Å². The number of ether oxygens (including phenoxy) is 2. The van der Waals surface area contributed by atoms with Crippen LogP contribution in [0.1, 0.15) is 31.4 Å². The van der Waals surface area contributed by atoms with Crippen LogP contribution in [0.5, 0.6) is 5.75 Å². The maximum atomic E-state index is 5.90. The minimum Gasteiger partial charge on any atom is -0.491 e. The number of halogens is 1. The first kappa shape index (κ1) is 17.5. The minimum absolute atomic E-state index is 0.595. The van der Waals surface area contributed by atoms with Crippen LogP contribution < -0.4 is 10.1 Å². The average molecular weight is 344 g/mol. The highest BCUT2D eigenvalue weighted by Gasteiger charge is 2.08. The van der Waals surface area contributed by atoms with Crippen LogP contribution in [-0.4, -0.2) is 26.9 Å². The Morgan fingerprint density at radius 3 is 2.60 bits per heavy atom. The number of rotatable bonds is 9. The number of nitrogens with one attached hydrogen (secondary N) is 1. The molecule has 0 aliphatic heterocycles. The van der Waals surface area contributed by atoms with Crippen molar-refractivity contribution in [2.75, 3.05) is 26.9 Å². The van der Waals surface area contributed by atoms with E-state index < -0.39 is 0 Å². The highest BCUT2D eigenvalue weighted by molar-refractivity contribution is 9.10. The predicted molar refractivity (Wildman–Crippen MR) is 87.4 cm³/mol. The Hall–Kier alpha value is -0.580. The van der Waals surface area contributed by atoms with Crippen LogP contribution in [-0.2, 0) is 11.3 Å². The van der Waals surface area contributed by atoms with E-state index in [1.165, 1.54) is 5.56 Å². The molecule has 0 amide bonds. The first-order chi connectivity index (χ1) is 9.54. The second kappa shape index (κ2) is 9.37. The SMILES string of the molecule is CNCc1cc(Br)cc(C)c1OCCOCCC(C)C. The first-order valence-electron chi connectivity index (χ1n) is 7.18. The third-order valence-corrected chi connectivity index (χ3v) is 3.45. The molecule has 0 saturated heterocycles. The van der Waals surface area contributed by atoms with Gasteiger partial charge in [0.1, 0.15) is 12.4 Å². The summed E-state index contributed by atoms with van der Waals surface area (Å²) in [6.07, 6.45) is 1.10. The van der Waals surface area contributed by atoms with Gasteiger partial charge in [0.05, 0.1) is 6.61 Å². The van der Waals surface area contributed by atoms with Crippen molar-refractivity contribution in [3.63, 3.8) is 0 Å². The Balaban J connectivity index is 2.46. The molecule has 0 aliphatic carbocycles. The molecule has 0 unspecified atom stereocenters. The van der Waals surface area contributed by atoms with Crippen molar-refractivity contribution >= 4 is 15.9 Å². The molecule has 0 aliphatic rings. The fourth-order valence-electron chi connectivity index (χ4n) is 1.95. The molecule has 0 bridgehead atoms. The van der Waals surface area contributed by atoms with Crippen molar-refractivity contribution in [1.29, 1.82) is 0 Å². The van der Waals surface area contributed by atoms with Crippen LogP contribution in [0.15, 0.2) is 16.6 Å². The van der Waals surface area contributed by atoms with Gasteiger partial charge in [-0.05, 0) is 44.0 Å². The zero-order valence-corrected chi connectivity index (χ0v) is 14.5. The third-order valence-electron chi connectivity index (χ3n) is 3.00. The van der Waals surface area contributed by atoms with E-state index in [1.807, 2.05) is 7.05 Å². The fraction of sp³-hybridized carbons (Fsp3) is 0.625. The summed E-state index contributed by atoms with van der Waals surface area (Å²) in [6.45, 7) is 9.31. The summed E-state index contributed by atoms with van der Waals surface area (Å²) in [6, 6.07) is 4.17. The molecular formula is C16H26BrNO2. The molecule has 0 aromatic heterocycles. The summed E-state index contributed by atoms with van der Waals surface area (Å²) < 4.78 is 12.6. The Bertz CT molecular complexity index is 408. The van der Waals surface area contributed by atoms with Gasteiger partial charge in [-0.3, -0.25) is 0 Å². The fourth-order valence-corrected chi connectivity index (χ4v) is 2.57. The van der Waals surface area contributed by atoms with E-state index in [4.69, 9.17) is 9.47 Å². The zero-order chi connectivity index (χ0) is 15.0. The molecule has 3 nitrogen and oxygen atoms in total. The maximum absolute atomic E-state index is 5.90. The summed E-state index contributed by atoms with van der Waals surface area (Å²) >= 11 is 3.52. The van der Waals surface area contributed by atoms with Gasteiger partial charge < -0.3 is 14.8 Å². The molecule has 0 spiro atoms. The number of benzene rings is 1. The lowest BCUT2D eigenvalue weighted by Gasteiger charge is -2.15. The number of hydrogen-bond donors (Lipinski definition) is 1. The molecule has 0 saturated carbocycles. The van der Waals surface area contributed by atoms with Crippen LogP contribution in [0.4, 0.5) is 0 Å². The van der Waals surface area contributed by atoms with E-state index >= 15 is 0 Å². The van der Waals surface area contributed by atoms with Gasteiger partial charge in [-0.25, -0.2) is 0 Å². The molecule has 0 heterocycles. The molecule has 0 atom stereocenters. The van der Waals surface area contributed by atoms with Gasteiger partial charge in [0, 0.05) is 23.2 Å². The molecule has 0 fully saturated rings. The van der Waals surface area contributed by atoms with Crippen molar-refractivity contribution < 1.29 is 9.47 Å². The van der Waals surface area contributed by atoms with Gasteiger partial charge in [0.2, 0.25) is 0 Å². The highest BCUT2D eigenvalue weighted by atomic mass is 79.9. The summed E-state index contributed by atoms with van der Waals surface area (Å²) in [5, 5.41) is 3.17. The van der Waals surface area contributed by atoms with Crippen LogP contribution >= 0.6 is 15.9 Å². The second-order valence-electron chi connectivity index (χ2n) is 5.38. The van der Waals surface area contributed by atoms with Gasteiger partial charge in [0.15, 0.2) is 0 Å². The van der Waals surface area contributed by atoms with E-state index in [0.29, 0.717) is 19.1 Å². The quantitative estimate of drug-likeness (QED) is 0.689. The van der Waals surface area contributed by atoms with Crippen molar-refractivity contribution in [2.45, 2.75) is 33.7 Å². The lowest BCUT2D eigenvalue weighted by atomic mass is 10.1. The van der Waals surface area contributed by atoms with Crippen LogP contribution in [0.3, 0.4) is 0 Å². The standard InChI is InChI=1S/C16H26BrNO2/c1-12(2)5-6-19-7-8-20-16-13(3)9-15(17)10-14(16)11-18-4/h9-10,12,18H,5-8,11H2,1-4H3. The van der Waals surface area contributed by atoms with Gasteiger partial charge in [-0.15, -0.1) is 0 Å². The smallest absolute Gasteiger partial charge is 0.126 e. The van der Waals surface area contributed by atoms with E-state index in [9.17, 15) is 0 Å². The Morgan fingerprint density at radius 2 is 1.95 bits per heavy atom. The summed E-state index contributed by atoms with van der Waals surface area (Å²) in [5.74, 6) is 1.65. The van der Waals surface area contributed by atoms with Crippen molar-refractivity contribution in [3.8, 4) is 5.75 Å². The Kier molecular flexibility index (Phi) is 8.19. The number of aryl methyl sites for hydroxylation is 1. The van der Waals surface area contributed by atoms with Crippen molar-refractivity contribution in [1.82, 2.24) is 5.32 Å². The normalized spacial score (nSPS) is 11.1. The predicted octanol–water partition coefficient (Wildman–Crippen LogP) is 3.92. The summed E-state index contributed by atoms with van der Waals surface area (Å²) in [7, 11) is 1.94. The van der Waals surface area contributed by atoms with E-state index in [2.05, 4.69) is 54.2 Å². The Morgan fingerprint density at radius 1 is 1.20 bits per heavy atom. The van der Waals surface area contributed by atoms with E-state index in [0.717, 1.165) is 35.4 Å². The van der Waals surface area contributed by atoms with Crippen molar-refractivity contribution in [3.05, 3.63) is 27.7 Å². The Labute approximate surface area is 131 Å². The van der Waals surface area contributed by atoms with Crippen LogP contribution in [0.2, 0.25) is 0 Å². The highest BCUT2D eigenvalue weighted by Crippen LogP contribution is 2.28.